The first kappa shape index (κ1) is 18.6. The van der Waals surface area contributed by atoms with Crippen LogP contribution >= 0.6 is 0 Å². The zero-order valence-electron chi connectivity index (χ0n) is 14.3. The van der Waals surface area contributed by atoms with Crippen molar-refractivity contribution >= 4 is 11.9 Å². The van der Waals surface area contributed by atoms with Crippen molar-refractivity contribution in [1.29, 1.82) is 0 Å². The SMILES string of the molecule is CCCCCC#CC(=O)C=Cc1cc(OC)c(OC)c(OC)c1. The van der Waals surface area contributed by atoms with Crippen LogP contribution in [0.4, 0.5) is 0 Å². The molecule has 4 heteroatoms. The van der Waals surface area contributed by atoms with E-state index in [0.717, 1.165) is 31.2 Å². The Morgan fingerprint density at radius 3 is 2.26 bits per heavy atom. The Labute approximate surface area is 138 Å². The number of benzene rings is 1. The molecular formula is C19H24O4. The summed E-state index contributed by atoms with van der Waals surface area (Å²) < 4.78 is 15.8. The number of carbonyl (C=O) groups is 1. The Bertz CT molecular complexity index is 581. The highest BCUT2D eigenvalue weighted by Crippen LogP contribution is 2.38. The zero-order chi connectivity index (χ0) is 17.1. The van der Waals surface area contributed by atoms with Crippen molar-refractivity contribution in [3.63, 3.8) is 0 Å². The van der Waals surface area contributed by atoms with Crippen LogP contribution in [0.3, 0.4) is 0 Å². The van der Waals surface area contributed by atoms with Crippen molar-refractivity contribution in [2.24, 2.45) is 0 Å². The fourth-order valence-electron chi connectivity index (χ4n) is 2.02. The Balaban J connectivity index is 2.81. The summed E-state index contributed by atoms with van der Waals surface area (Å²) in [4.78, 5) is 11.7. The van der Waals surface area contributed by atoms with Crippen molar-refractivity contribution in [2.75, 3.05) is 21.3 Å². The quantitative estimate of drug-likeness (QED) is 0.316. The van der Waals surface area contributed by atoms with Crippen LogP contribution in [-0.4, -0.2) is 27.1 Å². The van der Waals surface area contributed by atoms with E-state index in [4.69, 9.17) is 14.2 Å². The third kappa shape index (κ3) is 6.07. The second-order valence-corrected chi connectivity index (χ2v) is 4.92. The monoisotopic (exact) mass is 316 g/mol. The topological polar surface area (TPSA) is 44.8 Å². The van der Waals surface area contributed by atoms with Crippen LogP contribution in [0.5, 0.6) is 17.2 Å². The normalized spacial score (nSPS) is 10.1. The second kappa shape index (κ2) is 10.3. The summed E-state index contributed by atoms with van der Waals surface area (Å²) in [5, 5.41) is 0. The van der Waals surface area contributed by atoms with E-state index < -0.39 is 0 Å². The fraction of sp³-hybridized carbons (Fsp3) is 0.421. The first-order valence-electron chi connectivity index (χ1n) is 7.67. The molecule has 0 aliphatic rings. The predicted molar refractivity (Wildman–Crippen MR) is 92.1 cm³/mol. The first-order chi connectivity index (χ1) is 11.2. The van der Waals surface area contributed by atoms with Crippen LogP contribution in [0, 0.1) is 11.8 Å². The van der Waals surface area contributed by atoms with Crippen LogP contribution in [-0.2, 0) is 4.79 Å². The molecular weight excluding hydrogens is 292 g/mol. The van der Waals surface area contributed by atoms with E-state index in [2.05, 4.69) is 18.8 Å². The molecule has 0 amide bonds. The lowest BCUT2D eigenvalue weighted by Crippen LogP contribution is -1.95. The molecule has 124 valence electrons. The van der Waals surface area contributed by atoms with E-state index in [1.54, 1.807) is 39.5 Å². The third-order valence-corrected chi connectivity index (χ3v) is 3.23. The molecule has 0 unspecified atom stereocenters. The average Bonchev–Trinajstić information content (AvgIpc) is 2.58. The van der Waals surface area contributed by atoms with Crippen LogP contribution in [0.25, 0.3) is 6.08 Å². The van der Waals surface area contributed by atoms with Crippen molar-refractivity contribution in [3.8, 4) is 29.1 Å². The molecule has 0 heterocycles. The number of hydrogen-bond donors (Lipinski definition) is 0. The van der Waals surface area contributed by atoms with Gasteiger partial charge in [0, 0.05) is 6.42 Å². The minimum Gasteiger partial charge on any atom is -0.493 e. The molecule has 0 saturated heterocycles. The van der Waals surface area contributed by atoms with Gasteiger partial charge in [-0.3, -0.25) is 4.79 Å². The maximum atomic E-state index is 11.7. The van der Waals surface area contributed by atoms with Crippen molar-refractivity contribution in [1.82, 2.24) is 0 Å². The summed E-state index contributed by atoms with van der Waals surface area (Å²) in [6.07, 6.45) is 7.23. The predicted octanol–water partition coefficient (Wildman–Crippen LogP) is 3.88. The van der Waals surface area contributed by atoms with Gasteiger partial charge in [0.05, 0.1) is 21.3 Å². The highest BCUT2D eigenvalue weighted by molar-refractivity contribution is 6.06. The van der Waals surface area contributed by atoms with Gasteiger partial charge < -0.3 is 14.2 Å². The smallest absolute Gasteiger partial charge is 0.228 e. The van der Waals surface area contributed by atoms with Gasteiger partial charge in [-0.25, -0.2) is 0 Å². The minimum absolute atomic E-state index is 0.213. The molecule has 0 fully saturated rings. The van der Waals surface area contributed by atoms with Crippen LogP contribution in [0.1, 0.15) is 38.2 Å². The van der Waals surface area contributed by atoms with Crippen LogP contribution in [0.2, 0.25) is 0 Å². The van der Waals surface area contributed by atoms with E-state index >= 15 is 0 Å². The fourth-order valence-corrected chi connectivity index (χ4v) is 2.02. The number of rotatable bonds is 8. The van der Waals surface area contributed by atoms with Crippen molar-refractivity contribution in [2.45, 2.75) is 32.6 Å². The number of ketones is 1. The Kier molecular flexibility index (Phi) is 8.38. The van der Waals surface area contributed by atoms with E-state index in [1.165, 1.54) is 6.08 Å². The molecule has 0 aliphatic carbocycles. The molecule has 0 aromatic heterocycles. The number of unbranched alkanes of at least 4 members (excludes halogenated alkanes) is 3. The summed E-state index contributed by atoms with van der Waals surface area (Å²) in [7, 11) is 4.66. The van der Waals surface area contributed by atoms with Crippen LogP contribution < -0.4 is 14.2 Å². The lowest BCUT2D eigenvalue weighted by Gasteiger charge is -2.12. The molecule has 0 bridgehead atoms. The standard InChI is InChI=1S/C19H24O4/c1-5-6-7-8-9-10-16(20)12-11-15-13-17(21-2)19(23-4)18(14-15)22-3/h11-14H,5-8H2,1-4H3. The molecule has 1 rings (SSSR count). The average molecular weight is 316 g/mol. The van der Waals surface area contributed by atoms with E-state index in [1.807, 2.05) is 0 Å². The molecule has 4 nitrogen and oxygen atoms in total. The molecule has 0 saturated carbocycles. The van der Waals surface area contributed by atoms with Gasteiger partial charge in [-0.2, -0.15) is 0 Å². The Hall–Kier alpha value is -2.41. The van der Waals surface area contributed by atoms with E-state index in [0.29, 0.717) is 17.2 Å². The number of ether oxygens (including phenoxy) is 3. The Morgan fingerprint density at radius 2 is 1.74 bits per heavy atom. The van der Waals surface area contributed by atoms with Gasteiger partial charge in [-0.15, -0.1) is 0 Å². The largest absolute Gasteiger partial charge is 0.493 e. The van der Waals surface area contributed by atoms with Gasteiger partial charge in [0.15, 0.2) is 11.5 Å². The Morgan fingerprint density at radius 1 is 1.09 bits per heavy atom. The van der Waals surface area contributed by atoms with Gasteiger partial charge in [0.1, 0.15) is 0 Å². The van der Waals surface area contributed by atoms with E-state index in [-0.39, 0.29) is 5.78 Å². The highest BCUT2D eigenvalue weighted by Gasteiger charge is 2.11. The lowest BCUT2D eigenvalue weighted by atomic mass is 10.1. The zero-order valence-corrected chi connectivity index (χ0v) is 14.3. The summed E-state index contributed by atoms with van der Waals surface area (Å²) in [5.74, 6) is 6.93. The maximum Gasteiger partial charge on any atom is 0.228 e. The molecule has 0 aliphatic heterocycles. The molecule has 23 heavy (non-hydrogen) atoms. The number of methoxy groups -OCH3 is 3. The molecule has 1 aromatic carbocycles. The lowest BCUT2D eigenvalue weighted by molar-refractivity contribution is -0.109. The number of hydrogen-bond acceptors (Lipinski definition) is 4. The van der Waals surface area contributed by atoms with Crippen molar-refractivity contribution in [3.05, 3.63) is 23.8 Å². The maximum absolute atomic E-state index is 11.7. The van der Waals surface area contributed by atoms with Gasteiger partial charge >= 0.3 is 0 Å². The summed E-state index contributed by atoms with van der Waals surface area (Å²) in [5.41, 5.74) is 0.778. The van der Waals surface area contributed by atoms with Gasteiger partial charge in [0.2, 0.25) is 11.5 Å². The summed E-state index contributed by atoms with van der Waals surface area (Å²) in [6.45, 7) is 2.14. The first-order valence-corrected chi connectivity index (χ1v) is 7.67. The summed E-state index contributed by atoms with van der Waals surface area (Å²) in [6, 6.07) is 3.56. The number of allylic oxidation sites excluding steroid dienone is 1. The molecule has 0 N–H and O–H groups in total. The summed E-state index contributed by atoms with van der Waals surface area (Å²) >= 11 is 0. The number of carbonyl (C=O) groups excluding carboxylic acids is 1. The van der Waals surface area contributed by atoms with E-state index in [9.17, 15) is 4.79 Å². The molecule has 0 spiro atoms. The van der Waals surface area contributed by atoms with Crippen LogP contribution in [0.15, 0.2) is 18.2 Å². The van der Waals surface area contributed by atoms with Crippen molar-refractivity contribution < 1.29 is 19.0 Å². The van der Waals surface area contributed by atoms with Gasteiger partial charge in [0.25, 0.3) is 0 Å². The molecule has 0 atom stereocenters. The minimum atomic E-state index is -0.213. The molecule has 1 aromatic rings. The molecule has 0 radical (unpaired) electrons. The third-order valence-electron chi connectivity index (χ3n) is 3.23. The second-order valence-electron chi connectivity index (χ2n) is 4.92. The van der Waals surface area contributed by atoms with Gasteiger partial charge in [-0.1, -0.05) is 31.8 Å². The highest BCUT2D eigenvalue weighted by atomic mass is 16.5. The van der Waals surface area contributed by atoms with Gasteiger partial charge in [-0.05, 0) is 36.1 Å².